The van der Waals surface area contributed by atoms with Crippen molar-refractivity contribution in [2.45, 2.75) is 109 Å². The molecule has 0 bridgehead atoms. The number of aryl methyl sites for hydroxylation is 1. The van der Waals surface area contributed by atoms with Crippen molar-refractivity contribution in [3.63, 3.8) is 0 Å². The van der Waals surface area contributed by atoms with Gasteiger partial charge >= 0.3 is 0 Å². The Bertz CT molecular complexity index is 2940. The molecule has 17 nitrogen and oxygen atoms in total. The highest BCUT2D eigenvalue weighted by molar-refractivity contribution is 7.13. The molecular weight excluding hydrogens is 954 g/mol. The van der Waals surface area contributed by atoms with Crippen molar-refractivity contribution in [2.24, 2.45) is 22.7 Å². The van der Waals surface area contributed by atoms with E-state index >= 15 is 0 Å². The lowest BCUT2D eigenvalue weighted by Gasteiger charge is -2.43. The number of halogens is 3. The molecule has 5 aliphatic rings. The number of fused-ring (bicyclic) bond motifs is 2. The zero-order chi connectivity index (χ0) is 51.1. The number of hydrogen-bond acceptors (Lipinski definition) is 11. The van der Waals surface area contributed by atoms with Crippen LogP contribution >= 0.6 is 11.3 Å². The van der Waals surface area contributed by atoms with Crippen molar-refractivity contribution >= 4 is 46.6 Å². The average Bonchev–Trinajstić information content (AvgIpc) is 3.70. The Balaban J connectivity index is 0.795. The maximum absolute atomic E-state index is 14.7. The third-order valence-corrected chi connectivity index (χ3v) is 16.2. The molecular formula is C51H57F3N10O7S. The molecule has 5 amide bonds. The molecule has 2 saturated carbocycles. The minimum absolute atomic E-state index is 0.0439. The van der Waals surface area contributed by atoms with Crippen molar-refractivity contribution in [3.05, 3.63) is 100 Å². The van der Waals surface area contributed by atoms with E-state index in [-0.39, 0.29) is 75.4 Å². The number of aromatic amines is 1. The minimum Gasteiger partial charge on any atom is -0.483 e. The second kappa shape index (κ2) is 18.2. The SMILES string of the molecule is Cc1ncsc1-c1ccc(CNC(=O)[C@@H]2C[C@@H](O)CN2C(=O)C(NC(=O)C2(F)CC2)C(C)(C)C)c(OCC(=O)N2CC(C(c3ccccc3)n3cc(NC(=O)c4n[nH]c5c4C[C@@H]4C(F)(F)[C@]4(C)C5)cn3)C2)c1. The van der Waals surface area contributed by atoms with Crippen molar-refractivity contribution in [1.29, 1.82) is 0 Å². The van der Waals surface area contributed by atoms with Gasteiger partial charge in [0.05, 0.1) is 40.1 Å². The summed E-state index contributed by atoms with van der Waals surface area (Å²) in [6.07, 6.45) is 2.51. The Kier molecular flexibility index (Phi) is 12.4. The number of nitrogens with one attached hydrogen (secondary N) is 4. The molecule has 5 heterocycles. The topological polar surface area (TPSA) is 217 Å². The molecule has 3 aromatic heterocycles. The molecule has 0 spiro atoms. The van der Waals surface area contributed by atoms with Gasteiger partial charge in [0.2, 0.25) is 11.8 Å². The predicted molar refractivity (Wildman–Crippen MR) is 258 cm³/mol. The zero-order valence-corrected chi connectivity index (χ0v) is 41.3. The second-order valence-corrected chi connectivity index (χ2v) is 22.2. The van der Waals surface area contributed by atoms with Crippen LogP contribution in [0.3, 0.4) is 0 Å². The summed E-state index contributed by atoms with van der Waals surface area (Å²) in [7, 11) is 0. The maximum Gasteiger partial charge on any atom is 0.276 e. The summed E-state index contributed by atoms with van der Waals surface area (Å²) < 4.78 is 51.9. The first-order valence-electron chi connectivity index (χ1n) is 24.2. The molecule has 4 fully saturated rings. The molecule has 72 heavy (non-hydrogen) atoms. The number of aromatic nitrogens is 5. The number of nitrogens with zero attached hydrogens (tertiary/aromatic N) is 6. The van der Waals surface area contributed by atoms with Crippen LogP contribution in [0, 0.1) is 29.6 Å². The van der Waals surface area contributed by atoms with Gasteiger partial charge in [-0.25, -0.2) is 18.2 Å². The number of ether oxygens (including phenoxy) is 1. The van der Waals surface area contributed by atoms with E-state index in [4.69, 9.17) is 4.74 Å². The van der Waals surface area contributed by atoms with Crippen LogP contribution in [0.5, 0.6) is 5.75 Å². The fourth-order valence-electron chi connectivity index (χ4n) is 10.6. The van der Waals surface area contributed by atoms with Gasteiger partial charge in [-0.05, 0) is 48.8 Å². The monoisotopic (exact) mass is 1010 g/mol. The van der Waals surface area contributed by atoms with Crippen molar-refractivity contribution in [2.75, 3.05) is 31.6 Å². The van der Waals surface area contributed by atoms with E-state index in [2.05, 4.69) is 36.2 Å². The molecule has 0 radical (unpaired) electrons. The van der Waals surface area contributed by atoms with Gasteiger partial charge in [-0.3, -0.25) is 33.8 Å². The number of thiazole rings is 1. The number of aliphatic hydroxyl groups excluding tert-OH is 1. The van der Waals surface area contributed by atoms with Crippen molar-refractivity contribution < 1.29 is 47.0 Å². The summed E-state index contributed by atoms with van der Waals surface area (Å²) in [5.74, 6) is -6.17. The van der Waals surface area contributed by atoms with Crippen LogP contribution in [0.4, 0.5) is 18.9 Å². The quantitative estimate of drug-likeness (QED) is 0.0901. The Labute approximate surface area is 417 Å². The van der Waals surface area contributed by atoms with Crippen LogP contribution in [-0.4, -0.2) is 125 Å². The average molecular weight is 1010 g/mol. The smallest absolute Gasteiger partial charge is 0.276 e. The number of likely N-dealkylation sites (tertiary alicyclic amines) is 2. The van der Waals surface area contributed by atoms with E-state index in [0.29, 0.717) is 41.3 Å². The lowest BCUT2D eigenvalue weighted by Crippen LogP contribution is -2.59. The number of carbonyl (C=O) groups excluding carboxylic acids is 5. The number of anilines is 1. The van der Waals surface area contributed by atoms with Crippen LogP contribution in [0.25, 0.3) is 10.4 Å². The third kappa shape index (κ3) is 9.02. The van der Waals surface area contributed by atoms with Gasteiger partial charge < -0.3 is 35.6 Å². The van der Waals surface area contributed by atoms with Crippen LogP contribution in [0.15, 0.2) is 66.4 Å². The lowest BCUT2D eigenvalue weighted by atomic mass is 9.85. The maximum atomic E-state index is 14.7. The van der Waals surface area contributed by atoms with Gasteiger partial charge in [-0.1, -0.05) is 70.2 Å². The normalized spacial score (nSPS) is 23.5. The molecule has 10 rings (SSSR count). The molecule has 380 valence electrons. The Morgan fingerprint density at radius 3 is 2.49 bits per heavy atom. The summed E-state index contributed by atoms with van der Waals surface area (Å²) in [6, 6.07) is 12.6. The molecule has 2 aliphatic heterocycles. The van der Waals surface area contributed by atoms with E-state index < -0.39 is 70.2 Å². The molecule has 21 heteroatoms. The zero-order valence-electron chi connectivity index (χ0n) is 40.5. The van der Waals surface area contributed by atoms with Crippen LogP contribution < -0.4 is 20.7 Å². The van der Waals surface area contributed by atoms with Gasteiger partial charge in [-0.2, -0.15) is 10.2 Å². The lowest BCUT2D eigenvalue weighted by molar-refractivity contribution is -0.145. The molecule has 3 aliphatic carbocycles. The Morgan fingerprint density at radius 2 is 1.79 bits per heavy atom. The number of hydrogen-bond donors (Lipinski definition) is 5. The molecule has 5 N–H and O–H groups in total. The number of alkyl halides is 3. The molecule has 2 unspecified atom stereocenters. The fourth-order valence-corrected chi connectivity index (χ4v) is 11.4. The third-order valence-electron chi connectivity index (χ3n) is 15.2. The number of aliphatic hydroxyl groups is 1. The first-order valence-corrected chi connectivity index (χ1v) is 25.1. The summed E-state index contributed by atoms with van der Waals surface area (Å²) >= 11 is 1.44. The van der Waals surface area contributed by atoms with Gasteiger partial charge in [0.1, 0.15) is 17.8 Å². The first-order chi connectivity index (χ1) is 34.1. The van der Waals surface area contributed by atoms with Gasteiger partial charge in [0, 0.05) is 79.3 Å². The van der Waals surface area contributed by atoms with E-state index in [1.807, 2.05) is 43.3 Å². The van der Waals surface area contributed by atoms with Gasteiger partial charge in [0.25, 0.3) is 23.6 Å². The number of carbonyl (C=O) groups is 5. The number of H-pyrrole nitrogens is 1. The highest BCUT2D eigenvalue weighted by atomic mass is 32.1. The van der Waals surface area contributed by atoms with E-state index in [1.54, 1.807) is 61.1 Å². The van der Waals surface area contributed by atoms with Crippen LogP contribution in [-0.2, 0) is 38.6 Å². The molecule has 2 saturated heterocycles. The number of rotatable bonds is 15. The highest BCUT2D eigenvalue weighted by Crippen LogP contribution is 2.70. The highest BCUT2D eigenvalue weighted by Gasteiger charge is 2.78. The molecule has 5 aromatic rings. The summed E-state index contributed by atoms with van der Waals surface area (Å²) in [5.41, 5.74) is 2.39. The van der Waals surface area contributed by atoms with E-state index in [1.165, 1.54) is 22.4 Å². The molecule has 6 atom stereocenters. The number of benzene rings is 2. The van der Waals surface area contributed by atoms with Crippen LogP contribution in [0.1, 0.15) is 91.6 Å². The second-order valence-electron chi connectivity index (χ2n) is 21.3. The van der Waals surface area contributed by atoms with Crippen molar-refractivity contribution in [3.8, 4) is 16.2 Å². The fraction of sp³-hybridized carbons (Fsp3) is 0.490. The van der Waals surface area contributed by atoms with Gasteiger partial charge in [0.15, 0.2) is 18.0 Å². The Morgan fingerprint density at radius 1 is 1.04 bits per heavy atom. The summed E-state index contributed by atoms with van der Waals surface area (Å²) in [6.45, 7) is 8.87. The largest absolute Gasteiger partial charge is 0.483 e. The minimum atomic E-state index is -2.79. The molecule has 2 aromatic carbocycles. The summed E-state index contributed by atoms with van der Waals surface area (Å²) in [5, 5.41) is 30.6. The van der Waals surface area contributed by atoms with E-state index in [9.17, 15) is 42.3 Å². The van der Waals surface area contributed by atoms with Crippen LogP contribution in [0.2, 0.25) is 0 Å². The number of β-amino-alcohol motifs (C(OH)–C–C–N with tert-alkyl or cyclic N) is 1. The van der Waals surface area contributed by atoms with Gasteiger partial charge in [-0.15, -0.1) is 11.3 Å². The van der Waals surface area contributed by atoms with E-state index in [0.717, 1.165) is 21.7 Å². The number of amides is 5. The van der Waals surface area contributed by atoms with Crippen molar-refractivity contribution in [1.82, 2.24) is 45.4 Å². The first kappa shape index (κ1) is 49.0. The predicted octanol–water partition coefficient (Wildman–Crippen LogP) is 5.40. The standard InChI is InChI=1S/C51H57F3N10O7S/c1-27-42(72-26-56-27)29-11-12-30(19-55-44(67)36-16-33(65)24-63(36)46(69)43(48(2,3)4)59-47(70)50(52)13-14-50)37(15-29)71-25-39(66)62-21-31(22-62)41(28-9-7-6-8-10-28)64-23-32(20-57-64)58-45(68)40-34-17-38-49(5,51(38,53)54)18-35(34)60-61-40/h6-12,15,20,23,26,31,33,36,38,41,43,65H,13-14,16-19,21-22,24-25H2,1-5H3,(H,55,67)(H,58,68)(H,59,70)(H,60,61)/t33-,36+,38+,41?,43?,49-/m1/s1. The summed E-state index contributed by atoms with van der Waals surface area (Å²) in [4.78, 5) is 76.2. The Hall–Kier alpha value is -6.61.